The van der Waals surface area contributed by atoms with Gasteiger partial charge in [-0.15, -0.1) is 0 Å². The Morgan fingerprint density at radius 1 is 0.667 bits per heavy atom. The molecule has 12 nitrogen and oxygen atoms in total. The highest BCUT2D eigenvalue weighted by atomic mass is 32.2. The van der Waals surface area contributed by atoms with Crippen LogP contribution in [0.5, 0.6) is 0 Å². The monoisotopic (exact) mass is 855 g/mol. The van der Waals surface area contributed by atoms with Crippen LogP contribution in [-0.2, 0) is 16.2 Å². The van der Waals surface area contributed by atoms with Gasteiger partial charge in [-0.05, 0) is 77.0 Å². The lowest BCUT2D eigenvalue weighted by Gasteiger charge is -2.32. The van der Waals surface area contributed by atoms with Gasteiger partial charge in [-0.2, -0.15) is 22.5 Å². The molecule has 0 atom stereocenters. The van der Waals surface area contributed by atoms with E-state index in [1.54, 1.807) is 40.3 Å². The number of aromatic nitrogens is 6. The molecule has 1 aliphatic heterocycles. The van der Waals surface area contributed by atoms with Gasteiger partial charge in [0.2, 0.25) is 16.2 Å². The SMILES string of the molecule is Nc1cnc(-c2ccc(-c3ccc(C(F)(F)F)cc3S(=O)(=O)N3CCN([n+]4cc(N)ncc4-c4ccc(-c5ccccc5Sc5ncccn5)cc4F)CC3)cc2F)cn1. The van der Waals surface area contributed by atoms with Crippen LogP contribution in [0.1, 0.15) is 5.56 Å². The van der Waals surface area contributed by atoms with E-state index in [1.807, 2.05) is 24.3 Å². The van der Waals surface area contributed by atoms with E-state index in [1.165, 1.54) is 54.7 Å². The van der Waals surface area contributed by atoms with Crippen molar-refractivity contribution >= 4 is 33.4 Å². The minimum atomic E-state index is -4.87. The second kappa shape index (κ2) is 16.2. The predicted molar refractivity (Wildman–Crippen MR) is 215 cm³/mol. The van der Waals surface area contributed by atoms with E-state index in [2.05, 4.69) is 24.9 Å². The molecule has 0 spiro atoms. The fourth-order valence-corrected chi connectivity index (χ4v) is 9.29. The molecule has 0 radical (unpaired) electrons. The molecular formula is C41H32F5N10O2S2+. The van der Waals surface area contributed by atoms with Crippen molar-refractivity contribution in [2.45, 2.75) is 21.1 Å². The number of rotatable bonds is 9. The Morgan fingerprint density at radius 3 is 1.98 bits per heavy atom. The summed E-state index contributed by atoms with van der Waals surface area (Å²) in [5.41, 5.74) is 12.4. The van der Waals surface area contributed by atoms with E-state index in [9.17, 15) is 21.6 Å². The summed E-state index contributed by atoms with van der Waals surface area (Å²) in [6, 6.07) is 20.1. The van der Waals surface area contributed by atoms with Gasteiger partial charge in [-0.3, -0.25) is 4.98 Å². The number of anilines is 2. The summed E-state index contributed by atoms with van der Waals surface area (Å²) in [6.07, 6.45) is 3.80. The Balaban J connectivity index is 1.07. The summed E-state index contributed by atoms with van der Waals surface area (Å²) in [5, 5.41) is 2.27. The van der Waals surface area contributed by atoms with Crippen molar-refractivity contribution < 1.29 is 35.0 Å². The zero-order valence-corrected chi connectivity index (χ0v) is 32.8. The highest BCUT2D eigenvalue weighted by Gasteiger charge is 2.38. The van der Waals surface area contributed by atoms with E-state index in [0.717, 1.165) is 33.0 Å². The van der Waals surface area contributed by atoms with Gasteiger partial charge in [0.25, 0.3) is 5.69 Å². The topological polar surface area (TPSA) is 161 Å². The Hall–Kier alpha value is -6.57. The maximum atomic E-state index is 16.2. The quantitative estimate of drug-likeness (QED) is 0.0886. The van der Waals surface area contributed by atoms with E-state index < -0.39 is 38.3 Å². The zero-order chi connectivity index (χ0) is 42.2. The van der Waals surface area contributed by atoms with Crippen LogP contribution < -0.4 is 21.2 Å². The van der Waals surface area contributed by atoms with Gasteiger partial charge >= 0.3 is 6.18 Å². The van der Waals surface area contributed by atoms with E-state index in [4.69, 9.17) is 11.5 Å². The van der Waals surface area contributed by atoms with E-state index in [0.29, 0.717) is 22.5 Å². The molecule has 1 fully saturated rings. The molecule has 60 heavy (non-hydrogen) atoms. The van der Waals surface area contributed by atoms with Crippen molar-refractivity contribution in [3.8, 4) is 44.8 Å². The fourth-order valence-electron chi connectivity index (χ4n) is 6.76. The lowest BCUT2D eigenvalue weighted by molar-refractivity contribution is -0.683. The molecule has 0 saturated carbocycles. The first-order valence-corrected chi connectivity index (χ1v) is 20.4. The smallest absolute Gasteiger partial charge is 0.382 e. The average molecular weight is 856 g/mol. The molecule has 1 saturated heterocycles. The third kappa shape index (κ3) is 8.18. The molecule has 3 aromatic heterocycles. The number of nitrogen functional groups attached to an aromatic ring is 2. The molecule has 4 N–H and O–H groups in total. The molecule has 304 valence electrons. The average Bonchev–Trinajstić information content (AvgIpc) is 3.24. The van der Waals surface area contributed by atoms with Gasteiger partial charge in [-0.25, -0.2) is 37.1 Å². The van der Waals surface area contributed by atoms with Gasteiger partial charge in [0.15, 0.2) is 11.0 Å². The molecule has 1 aliphatic rings. The number of benzene rings is 4. The van der Waals surface area contributed by atoms with Gasteiger partial charge < -0.3 is 11.5 Å². The summed E-state index contributed by atoms with van der Waals surface area (Å²) in [7, 11) is -4.61. The molecular weight excluding hydrogens is 824 g/mol. The third-order valence-electron chi connectivity index (χ3n) is 9.70. The largest absolute Gasteiger partial charge is 0.416 e. The van der Waals surface area contributed by atoms with Gasteiger partial charge in [-0.1, -0.05) is 41.1 Å². The second-order valence-electron chi connectivity index (χ2n) is 13.5. The van der Waals surface area contributed by atoms with Crippen LogP contribution in [0.25, 0.3) is 44.8 Å². The summed E-state index contributed by atoms with van der Waals surface area (Å²) < 4.78 is 105. The highest BCUT2D eigenvalue weighted by molar-refractivity contribution is 7.99. The molecule has 0 aliphatic carbocycles. The van der Waals surface area contributed by atoms with Crippen LogP contribution in [-0.4, -0.2) is 63.8 Å². The molecule has 19 heteroatoms. The molecule has 0 bridgehead atoms. The number of nitrogens with zero attached hydrogens (tertiary/aromatic N) is 8. The van der Waals surface area contributed by atoms with Crippen LogP contribution in [0, 0.1) is 11.6 Å². The van der Waals surface area contributed by atoms with Crippen molar-refractivity contribution in [2.75, 3.05) is 42.7 Å². The lowest BCUT2D eigenvalue weighted by atomic mass is 10.0. The molecule has 0 amide bonds. The predicted octanol–water partition coefficient (Wildman–Crippen LogP) is 6.87. The molecule has 4 aromatic carbocycles. The Kier molecular flexibility index (Phi) is 10.9. The molecule has 7 aromatic rings. The summed E-state index contributed by atoms with van der Waals surface area (Å²) >= 11 is 1.34. The number of hydrogen-bond acceptors (Lipinski definition) is 11. The van der Waals surface area contributed by atoms with Crippen LogP contribution in [0.3, 0.4) is 0 Å². The van der Waals surface area contributed by atoms with E-state index in [-0.39, 0.29) is 65.8 Å². The number of halogens is 5. The molecule has 0 unspecified atom stereocenters. The highest BCUT2D eigenvalue weighted by Crippen LogP contribution is 2.39. The van der Waals surface area contributed by atoms with Crippen LogP contribution >= 0.6 is 11.8 Å². The lowest BCUT2D eigenvalue weighted by Crippen LogP contribution is -2.66. The summed E-state index contributed by atoms with van der Waals surface area (Å²) in [6.45, 7) is -0.271. The first-order chi connectivity index (χ1) is 28.8. The van der Waals surface area contributed by atoms with Crippen molar-refractivity contribution in [1.82, 2.24) is 29.2 Å². The first-order valence-electron chi connectivity index (χ1n) is 18.1. The Labute approximate surface area is 344 Å². The Morgan fingerprint density at radius 2 is 1.32 bits per heavy atom. The third-order valence-corrected chi connectivity index (χ3v) is 12.6. The normalized spacial score (nSPS) is 13.7. The Bertz CT molecular complexity index is 2830. The fraction of sp³-hybridized carbons (Fsp3) is 0.122. The molecule has 4 heterocycles. The van der Waals surface area contributed by atoms with Crippen LogP contribution in [0.4, 0.5) is 33.6 Å². The van der Waals surface area contributed by atoms with Crippen molar-refractivity contribution in [3.63, 3.8) is 0 Å². The van der Waals surface area contributed by atoms with E-state index >= 15 is 8.78 Å². The summed E-state index contributed by atoms with van der Waals surface area (Å²) in [5.74, 6) is -1.14. The zero-order valence-electron chi connectivity index (χ0n) is 31.1. The minimum Gasteiger partial charge on any atom is -0.382 e. The number of nitrogens with two attached hydrogens (primary N) is 2. The maximum Gasteiger partial charge on any atom is 0.416 e. The van der Waals surface area contributed by atoms with Crippen LogP contribution in [0.15, 0.2) is 137 Å². The second-order valence-corrected chi connectivity index (χ2v) is 16.4. The number of sulfonamides is 1. The first kappa shape index (κ1) is 40.2. The van der Waals surface area contributed by atoms with Crippen LogP contribution in [0.2, 0.25) is 0 Å². The van der Waals surface area contributed by atoms with Crippen molar-refractivity contribution in [2.24, 2.45) is 0 Å². The number of piperazine rings is 1. The maximum absolute atomic E-state index is 16.2. The number of hydrogen-bond donors (Lipinski definition) is 2. The minimum absolute atomic E-state index is 0.0264. The van der Waals surface area contributed by atoms with Crippen molar-refractivity contribution in [1.29, 1.82) is 0 Å². The standard InChI is InChI=1S/C41H32F5N10O2S2/c42-32-19-26(6-9-30(32)34-21-52-38(47)23-51-34)29-11-8-27(41(44,45)46)20-37(29)60(57,58)55-16-14-54(15-17-55)56-24-39(48)53-22-35(56)31-10-7-25(18-33(31)43)28-4-1-2-5-36(28)59-40-49-12-3-13-50-40/h1-13,18-24H,14-17H2,(H2,47,52)(H2,48,53)/q+1. The van der Waals surface area contributed by atoms with Gasteiger partial charge in [0, 0.05) is 41.5 Å². The van der Waals surface area contributed by atoms with Gasteiger partial charge in [0.05, 0.1) is 47.2 Å². The van der Waals surface area contributed by atoms with Crippen molar-refractivity contribution in [3.05, 3.63) is 139 Å². The summed E-state index contributed by atoms with van der Waals surface area (Å²) in [4.78, 5) is 20.9. The number of alkyl halides is 3. The van der Waals surface area contributed by atoms with Gasteiger partial charge in [0.1, 0.15) is 23.6 Å². The molecule has 8 rings (SSSR count).